The van der Waals surface area contributed by atoms with Crippen LogP contribution in [0.1, 0.15) is 31.2 Å². The minimum atomic E-state index is -3.49. The monoisotopic (exact) mass is 285 g/mol. The van der Waals surface area contributed by atoms with Crippen molar-refractivity contribution in [2.24, 2.45) is 0 Å². The van der Waals surface area contributed by atoms with Crippen molar-refractivity contribution in [1.82, 2.24) is 20.5 Å². The maximum atomic E-state index is 12.1. The highest BCUT2D eigenvalue weighted by molar-refractivity contribution is 7.93. The number of aryl methyl sites for hydroxylation is 2. The van der Waals surface area contributed by atoms with E-state index in [4.69, 9.17) is 0 Å². The van der Waals surface area contributed by atoms with Crippen LogP contribution in [0.15, 0.2) is 0 Å². The number of aromatic nitrogens is 3. The van der Waals surface area contributed by atoms with Crippen molar-refractivity contribution in [2.45, 2.75) is 44.9 Å². The van der Waals surface area contributed by atoms with Gasteiger partial charge in [0.2, 0.25) is 10.0 Å². The van der Waals surface area contributed by atoms with Crippen molar-refractivity contribution in [1.29, 1.82) is 0 Å². The third-order valence-electron chi connectivity index (χ3n) is 3.13. The van der Waals surface area contributed by atoms with Crippen LogP contribution in [0.4, 0.5) is 5.95 Å². The molecule has 8 heteroatoms. The number of sulfonamides is 1. The molecule has 1 saturated carbocycles. The first kappa shape index (κ1) is 14.1. The van der Waals surface area contributed by atoms with Crippen molar-refractivity contribution in [2.75, 3.05) is 11.3 Å². The molecule has 106 valence electrons. The lowest BCUT2D eigenvalue weighted by atomic mass is 10.4. The Morgan fingerprint density at radius 1 is 1.26 bits per heavy atom. The van der Waals surface area contributed by atoms with Gasteiger partial charge in [-0.25, -0.2) is 18.1 Å². The number of rotatable bonds is 6. The second-order valence-corrected chi connectivity index (χ2v) is 7.05. The van der Waals surface area contributed by atoms with Gasteiger partial charge in [-0.15, -0.1) is 5.10 Å². The largest absolute Gasteiger partial charge is 0.313 e. The van der Waals surface area contributed by atoms with E-state index in [1.54, 1.807) is 20.8 Å². The van der Waals surface area contributed by atoms with Crippen LogP contribution in [0.5, 0.6) is 0 Å². The molecule has 0 aromatic carbocycles. The zero-order valence-corrected chi connectivity index (χ0v) is 12.2. The molecule has 1 heterocycles. The summed E-state index contributed by atoms with van der Waals surface area (Å²) in [6.07, 6.45) is 2.26. The van der Waals surface area contributed by atoms with Crippen molar-refractivity contribution in [3.05, 3.63) is 11.4 Å². The molecule has 2 rings (SSSR count). The molecule has 1 fully saturated rings. The topological polar surface area (TPSA) is 96.9 Å². The van der Waals surface area contributed by atoms with E-state index < -0.39 is 15.3 Å². The lowest BCUT2D eigenvalue weighted by Crippen LogP contribution is -2.36. The van der Waals surface area contributed by atoms with E-state index in [1.165, 1.54) is 0 Å². The SMILES string of the molecule is Cc1nnc(NS(=O)(=O)C(C)CNC2CC2)nc1C. The molecule has 0 spiro atoms. The first-order chi connectivity index (χ1) is 8.88. The van der Waals surface area contributed by atoms with Crippen LogP contribution in [0.2, 0.25) is 0 Å². The Labute approximate surface area is 113 Å². The number of nitrogens with one attached hydrogen (secondary N) is 2. The summed E-state index contributed by atoms with van der Waals surface area (Å²) < 4.78 is 26.5. The highest BCUT2D eigenvalue weighted by atomic mass is 32.2. The van der Waals surface area contributed by atoms with Crippen LogP contribution < -0.4 is 10.0 Å². The zero-order chi connectivity index (χ0) is 14.0. The summed E-state index contributed by atoms with van der Waals surface area (Å²) in [5.41, 5.74) is 1.35. The first-order valence-electron chi connectivity index (χ1n) is 6.31. The van der Waals surface area contributed by atoms with Gasteiger partial charge >= 0.3 is 0 Å². The predicted octanol–water partition coefficient (Wildman–Crippen LogP) is 0.371. The van der Waals surface area contributed by atoms with Crippen LogP contribution in [-0.4, -0.2) is 41.4 Å². The quantitative estimate of drug-likeness (QED) is 0.784. The summed E-state index contributed by atoms with van der Waals surface area (Å²) in [7, 11) is -3.49. The molecule has 2 N–H and O–H groups in total. The molecule has 1 aromatic rings. The average Bonchev–Trinajstić information content (AvgIpc) is 3.14. The number of nitrogens with zero attached hydrogens (tertiary/aromatic N) is 3. The maximum absolute atomic E-state index is 12.1. The fraction of sp³-hybridized carbons (Fsp3) is 0.727. The number of hydrogen-bond donors (Lipinski definition) is 2. The molecule has 0 amide bonds. The Morgan fingerprint density at radius 3 is 2.53 bits per heavy atom. The summed E-state index contributed by atoms with van der Waals surface area (Å²) in [4.78, 5) is 4.06. The van der Waals surface area contributed by atoms with Gasteiger partial charge in [-0.2, -0.15) is 5.10 Å². The summed E-state index contributed by atoms with van der Waals surface area (Å²) in [5, 5.41) is 10.2. The van der Waals surface area contributed by atoms with Gasteiger partial charge in [-0.1, -0.05) is 0 Å². The standard InChI is InChI=1S/C11H19N5O2S/c1-7(6-12-10-4-5-10)19(17,18)16-11-13-8(2)9(3)14-15-11/h7,10,12H,4-6H2,1-3H3,(H,13,15,16). The van der Waals surface area contributed by atoms with Gasteiger partial charge in [0.15, 0.2) is 0 Å². The van der Waals surface area contributed by atoms with E-state index in [0.717, 1.165) is 12.8 Å². The Balaban J connectivity index is 2.00. The Bertz CT molecular complexity index is 556. The molecule has 19 heavy (non-hydrogen) atoms. The van der Waals surface area contributed by atoms with E-state index >= 15 is 0 Å². The van der Waals surface area contributed by atoms with Crippen molar-refractivity contribution in [3.8, 4) is 0 Å². The Morgan fingerprint density at radius 2 is 1.95 bits per heavy atom. The van der Waals surface area contributed by atoms with Gasteiger partial charge in [0.1, 0.15) is 0 Å². The van der Waals surface area contributed by atoms with E-state index in [0.29, 0.717) is 24.0 Å². The fourth-order valence-electron chi connectivity index (χ4n) is 1.46. The van der Waals surface area contributed by atoms with Crippen LogP contribution in [0.3, 0.4) is 0 Å². The molecular weight excluding hydrogens is 266 g/mol. The third kappa shape index (κ3) is 3.84. The van der Waals surface area contributed by atoms with Gasteiger partial charge < -0.3 is 5.32 Å². The Hall–Kier alpha value is -1.28. The minimum Gasteiger partial charge on any atom is -0.313 e. The molecule has 1 unspecified atom stereocenters. The molecule has 1 aromatic heterocycles. The number of anilines is 1. The summed E-state index contributed by atoms with van der Waals surface area (Å²) in [6, 6.07) is 0.484. The van der Waals surface area contributed by atoms with Crippen LogP contribution in [0.25, 0.3) is 0 Å². The molecule has 7 nitrogen and oxygen atoms in total. The van der Waals surface area contributed by atoms with Crippen LogP contribution >= 0.6 is 0 Å². The molecule has 0 radical (unpaired) electrons. The van der Waals surface area contributed by atoms with Crippen molar-refractivity contribution >= 4 is 16.0 Å². The Kier molecular flexibility index (Phi) is 4.00. The second kappa shape index (κ2) is 5.38. The van der Waals surface area contributed by atoms with Gasteiger partial charge in [-0.05, 0) is 33.6 Å². The lowest BCUT2D eigenvalue weighted by molar-refractivity contribution is 0.575. The third-order valence-corrected chi connectivity index (χ3v) is 4.82. The predicted molar refractivity (Wildman–Crippen MR) is 72.3 cm³/mol. The molecular formula is C11H19N5O2S. The van der Waals surface area contributed by atoms with E-state index in [-0.39, 0.29) is 5.95 Å². The average molecular weight is 285 g/mol. The summed E-state index contributed by atoms with van der Waals surface area (Å²) >= 11 is 0. The molecule has 0 bridgehead atoms. The normalized spacial score (nSPS) is 17.2. The highest BCUT2D eigenvalue weighted by Gasteiger charge is 2.26. The molecule has 1 aliphatic rings. The van der Waals surface area contributed by atoms with Crippen molar-refractivity contribution < 1.29 is 8.42 Å². The first-order valence-corrected chi connectivity index (χ1v) is 7.86. The molecule has 1 aliphatic carbocycles. The van der Waals surface area contributed by atoms with Crippen molar-refractivity contribution in [3.63, 3.8) is 0 Å². The lowest BCUT2D eigenvalue weighted by Gasteiger charge is -2.14. The van der Waals surface area contributed by atoms with Crippen LogP contribution in [-0.2, 0) is 10.0 Å². The van der Waals surface area contributed by atoms with E-state index in [2.05, 4.69) is 25.2 Å². The fourth-order valence-corrected chi connectivity index (χ4v) is 2.32. The zero-order valence-electron chi connectivity index (χ0n) is 11.3. The molecule has 1 atom stereocenters. The molecule has 0 saturated heterocycles. The van der Waals surface area contributed by atoms with Gasteiger partial charge in [0, 0.05) is 12.6 Å². The second-order valence-electron chi connectivity index (χ2n) is 4.95. The highest BCUT2D eigenvalue weighted by Crippen LogP contribution is 2.19. The summed E-state index contributed by atoms with van der Waals surface area (Å²) in [6.45, 7) is 5.63. The van der Waals surface area contributed by atoms with Gasteiger partial charge in [0.25, 0.3) is 5.95 Å². The number of hydrogen-bond acceptors (Lipinski definition) is 6. The molecule has 0 aliphatic heterocycles. The minimum absolute atomic E-state index is 0.0290. The van der Waals surface area contributed by atoms with E-state index in [1.807, 2.05) is 0 Å². The van der Waals surface area contributed by atoms with E-state index in [9.17, 15) is 8.42 Å². The summed E-state index contributed by atoms with van der Waals surface area (Å²) in [5.74, 6) is 0.0290. The van der Waals surface area contributed by atoms with Gasteiger partial charge in [0.05, 0.1) is 16.6 Å². The van der Waals surface area contributed by atoms with Gasteiger partial charge in [-0.3, -0.25) is 0 Å². The van der Waals surface area contributed by atoms with Crippen LogP contribution in [0, 0.1) is 13.8 Å². The smallest absolute Gasteiger partial charge is 0.256 e. The maximum Gasteiger partial charge on any atom is 0.256 e.